The van der Waals surface area contributed by atoms with Crippen molar-refractivity contribution >= 4 is 9.84 Å². The zero-order valence-electron chi connectivity index (χ0n) is 13.0. The van der Waals surface area contributed by atoms with Gasteiger partial charge in [0.2, 0.25) is 0 Å². The summed E-state index contributed by atoms with van der Waals surface area (Å²) in [6.07, 6.45) is 1.15. The summed E-state index contributed by atoms with van der Waals surface area (Å²) >= 11 is 0. The SMILES string of the molecule is C=CS(=O)(=O)Cc1ccc(C(CC(C)C)C(C)C)cc1. The van der Waals surface area contributed by atoms with E-state index in [9.17, 15) is 8.42 Å². The van der Waals surface area contributed by atoms with E-state index >= 15 is 0 Å². The van der Waals surface area contributed by atoms with Crippen LogP contribution in [0.3, 0.4) is 0 Å². The molecular weight excluding hydrogens is 268 g/mol. The summed E-state index contributed by atoms with van der Waals surface area (Å²) in [5, 5.41) is 1.02. The van der Waals surface area contributed by atoms with Crippen molar-refractivity contribution < 1.29 is 8.42 Å². The van der Waals surface area contributed by atoms with Crippen LogP contribution < -0.4 is 0 Å². The maximum Gasteiger partial charge on any atom is 0.175 e. The van der Waals surface area contributed by atoms with Crippen molar-refractivity contribution in [2.75, 3.05) is 0 Å². The molecule has 0 aromatic heterocycles. The summed E-state index contributed by atoms with van der Waals surface area (Å²) in [6, 6.07) is 7.99. The zero-order valence-corrected chi connectivity index (χ0v) is 13.8. The van der Waals surface area contributed by atoms with Gasteiger partial charge in [-0.15, -0.1) is 0 Å². The van der Waals surface area contributed by atoms with Crippen LogP contribution in [0, 0.1) is 11.8 Å². The van der Waals surface area contributed by atoms with Crippen LogP contribution in [0.2, 0.25) is 0 Å². The van der Waals surface area contributed by atoms with Gasteiger partial charge in [0.15, 0.2) is 9.84 Å². The Labute approximate surface area is 123 Å². The van der Waals surface area contributed by atoms with E-state index in [1.807, 2.05) is 12.1 Å². The summed E-state index contributed by atoms with van der Waals surface area (Å²) < 4.78 is 23.0. The van der Waals surface area contributed by atoms with Crippen molar-refractivity contribution in [1.29, 1.82) is 0 Å². The molecule has 1 aromatic rings. The van der Waals surface area contributed by atoms with Crippen molar-refractivity contribution in [3.05, 3.63) is 47.4 Å². The van der Waals surface area contributed by atoms with Gasteiger partial charge in [0, 0.05) is 5.41 Å². The Balaban J connectivity index is 2.91. The lowest BCUT2D eigenvalue weighted by molar-refractivity contribution is 0.408. The van der Waals surface area contributed by atoms with Crippen LogP contribution in [-0.2, 0) is 15.6 Å². The van der Waals surface area contributed by atoms with Gasteiger partial charge in [0.05, 0.1) is 5.75 Å². The fraction of sp³-hybridized carbons (Fsp3) is 0.529. The van der Waals surface area contributed by atoms with Gasteiger partial charge in [-0.2, -0.15) is 0 Å². The monoisotopic (exact) mass is 294 g/mol. The molecule has 0 spiro atoms. The van der Waals surface area contributed by atoms with Crippen LogP contribution in [0.4, 0.5) is 0 Å². The second-order valence-electron chi connectivity index (χ2n) is 6.20. The van der Waals surface area contributed by atoms with Crippen LogP contribution in [0.25, 0.3) is 0 Å². The molecule has 3 heteroatoms. The molecule has 0 aliphatic carbocycles. The molecule has 2 nitrogen and oxygen atoms in total. The molecule has 0 aliphatic rings. The molecule has 1 unspecified atom stereocenters. The Morgan fingerprint density at radius 3 is 2.05 bits per heavy atom. The molecule has 0 N–H and O–H groups in total. The maximum atomic E-state index is 11.5. The Morgan fingerprint density at radius 1 is 1.10 bits per heavy atom. The Hall–Kier alpha value is -1.09. The highest BCUT2D eigenvalue weighted by Crippen LogP contribution is 2.31. The highest BCUT2D eigenvalue weighted by Gasteiger charge is 2.17. The average Bonchev–Trinajstić information content (AvgIpc) is 2.36. The second kappa shape index (κ2) is 7.07. The molecule has 0 radical (unpaired) electrons. The van der Waals surface area contributed by atoms with Crippen LogP contribution in [-0.4, -0.2) is 8.42 Å². The lowest BCUT2D eigenvalue weighted by atomic mass is 9.82. The summed E-state index contributed by atoms with van der Waals surface area (Å²) in [5.74, 6) is 1.80. The van der Waals surface area contributed by atoms with Crippen LogP contribution in [0.5, 0.6) is 0 Å². The molecule has 1 atom stereocenters. The fourth-order valence-electron chi connectivity index (χ4n) is 2.45. The third kappa shape index (κ3) is 5.12. The Kier molecular flexibility index (Phi) is 6.00. The van der Waals surface area contributed by atoms with E-state index in [-0.39, 0.29) is 5.75 Å². The van der Waals surface area contributed by atoms with E-state index in [2.05, 4.69) is 46.4 Å². The van der Waals surface area contributed by atoms with Gasteiger partial charge in [0.25, 0.3) is 0 Å². The number of rotatable bonds is 7. The molecule has 0 saturated carbocycles. The van der Waals surface area contributed by atoms with Gasteiger partial charge in [-0.05, 0) is 35.3 Å². The summed E-state index contributed by atoms with van der Waals surface area (Å²) in [6.45, 7) is 12.3. The van der Waals surface area contributed by atoms with E-state index in [0.29, 0.717) is 17.8 Å². The molecular formula is C17H26O2S. The smallest absolute Gasteiger partial charge is 0.175 e. The molecule has 0 amide bonds. The highest BCUT2D eigenvalue weighted by atomic mass is 32.2. The highest BCUT2D eigenvalue weighted by molar-refractivity contribution is 7.93. The second-order valence-corrected chi connectivity index (χ2v) is 8.14. The minimum Gasteiger partial charge on any atom is -0.224 e. The van der Waals surface area contributed by atoms with Gasteiger partial charge < -0.3 is 0 Å². The largest absolute Gasteiger partial charge is 0.224 e. The molecule has 1 aromatic carbocycles. The first kappa shape index (κ1) is 17.0. The molecule has 0 bridgehead atoms. The number of sulfone groups is 1. The fourth-order valence-corrected chi connectivity index (χ4v) is 3.23. The molecule has 0 saturated heterocycles. The van der Waals surface area contributed by atoms with Gasteiger partial charge in [-0.25, -0.2) is 8.42 Å². The first-order valence-electron chi connectivity index (χ1n) is 7.19. The standard InChI is InChI=1S/C17H26O2S/c1-6-20(18,19)12-15-7-9-16(10-8-15)17(14(4)5)11-13(2)3/h6-10,13-14,17H,1,11-12H2,2-5H3. The van der Waals surface area contributed by atoms with Crippen molar-refractivity contribution in [2.45, 2.75) is 45.8 Å². The number of benzene rings is 1. The lowest BCUT2D eigenvalue weighted by Gasteiger charge is -2.23. The summed E-state index contributed by atoms with van der Waals surface area (Å²) in [7, 11) is -3.18. The van der Waals surface area contributed by atoms with E-state index < -0.39 is 9.84 Å². The third-order valence-corrected chi connectivity index (χ3v) is 4.80. The molecule has 0 aliphatic heterocycles. The number of hydrogen-bond acceptors (Lipinski definition) is 2. The summed E-state index contributed by atoms with van der Waals surface area (Å²) in [5.41, 5.74) is 2.12. The predicted molar refractivity (Wildman–Crippen MR) is 86.3 cm³/mol. The van der Waals surface area contributed by atoms with Crippen molar-refractivity contribution in [2.24, 2.45) is 11.8 Å². The van der Waals surface area contributed by atoms with Crippen molar-refractivity contribution in [3.8, 4) is 0 Å². The van der Waals surface area contributed by atoms with Gasteiger partial charge >= 0.3 is 0 Å². The van der Waals surface area contributed by atoms with Crippen LogP contribution in [0.1, 0.15) is 51.2 Å². The van der Waals surface area contributed by atoms with Crippen molar-refractivity contribution in [1.82, 2.24) is 0 Å². The summed E-state index contributed by atoms with van der Waals surface area (Å²) in [4.78, 5) is 0. The molecule has 112 valence electrons. The first-order valence-corrected chi connectivity index (χ1v) is 8.90. The van der Waals surface area contributed by atoms with E-state index in [0.717, 1.165) is 17.4 Å². The van der Waals surface area contributed by atoms with Crippen molar-refractivity contribution in [3.63, 3.8) is 0 Å². The topological polar surface area (TPSA) is 34.1 Å². The minimum absolute atomic E-state index is 0.0350. The molecule has 20 heavy (non-hydrogen) atoms. The van der Waals surface area contributed by atoms with Gasteiger partial charge in [-0.3, -0.25) is 0 Å². The van der Waals surface area contributed by atoms with Crippen LogP contribution >= 0.6 is 0 Å². The number of hydrogen-bond donors (Lipinski definition) is 0. The maximum absolute atomic E-state index is 11.5. The normalized spacial score (nSPS) is 13.7. The average molecular weight is 294 g/mol. The lowest BCUT2D eigenvalue weighted by Crippen LogP contribution is -2.10. The van der Waals surface area contributed by atoms with E-state index in [4.69, 9.17) is 0 Å². The Bertz CT molecular complexity index is 525. The Morgan fingerprint density at radius 2 is 1.65 bits per heavy atom. The van der Waals surface area contributed by atoms with Gasteiger partial charge in [-0.1, -0.05) is 58.5 Å². The minimum atomic E-state index is -3.18. The van der Waals surface area contributed by atoms with Gasteiger partial charge in [0.1, 0.15) is 0 Å². The molecule has 0 fully saturated rings. The molecule has 0 heterocycles. The first-order chi connectivity index (χ1) is 9.25. The van der Waals surface area contributed by atoms with Crippen LogP contribution in [0.15, 0.2) is 36.3 Å². The van der Waals surface area contributed by atoms with E-state index in [1.165, 1.54) is 5.56 Å². The predicted octanol–water partition coefficient (Wildman–Crippen LogP) is 4.53. The third-order valence-electron chi connectivity index (χ3n) is 3.56. The molecule has 1 rings (SSSR count). The zero-order chi connectivity index (χ0) is 15.3. The quantitative estimate of drug-likeness (QED) is 0.740. The van der Waals surface area contributed by atoms with E-state index in [1.54, 1.807) is 0 Å².